The Hall–Kier alpha value is -3.42. The van der Waals surface area contributed by atoms with Crippen molar-refractivity contribution in [1.29, 1.82) is 0 Å². The Kier molecular flexibility index (Phi) is 6.87. The van der Waals surface area contributed by atoms with Crippen LogP contribution >= 0.6 is 0 Å². The van der Waals surface area contributed by atoms with Gasteiger partial charge in [-0.25, -0.2) is 4.79 Å². The van der Waals surface area contributed by atoms with Crippen LogP contribution in [0.4, 0.5) is 11.4 Å². The van der Waals surface area contributed by atoms with Crippen LogP contribution in [0.15, 0.2) is 36.4 Å². The zero-order valence-electron chi connectivity index (χ0n) is 15.6. The number of hydrogen-bond donors (Lipinski definition) is 2. The Morgan fingerprint density at radius 3 is 2.11 bits per heavy atom. The van der Waals surface area contributed by atoms with Gasteiger partial charge in [0, 0.05) is 12.1 Å². The van der Waals surface area contributed by atoms with Crippen molar-refractivity contribution < 1.29 is 28.5 Å². The third-order valence-corrected chi connectivity index (χ3v) is 3.75. The lowest BCUT2D eigenvalue weighted by molar-refractivity contribution is -0.114. The van der Waals surface area contributed by atoms with Gasteiger partial charge in [0.1, 0.15) is 5.75 Å². The second-order valence-corrected chi connectivity index (χ2v) is 5.35. The van der Waals surface area contributed by atoms with Gasteiger partial charge in [-0.2, -0.15) is 0 Å². The molecule has 0 aliphatic heterocycles. The molecule has 1 amide bonds. The quantitative estimate of drug-likeness (QED) is 0.686. The molecule has 0 fully saturated rings. The molecule has 27 heavy (non-hydrogen) atoms. The number of anilines is 2. The molecular weight excluding hydrogens is 352 g/mol. The smallest absolute Gasteiger partial charge is 0.340 e. The summed E-state index contributed by atoms with van der Waals surface area (Å²) in [5.74, 6) is 0.459. The van der Waals surface area contributed by atoms with Gasteiger partial charge in [-0.05, 0) is 12.1 Å². The normalized spacial score (nSPS) is 9.93. The van der Waals surface area contributed by atoms with Gasteiger partial charge in [-0.3, -0.25) is 4.79 Å². The number of methoxy groups -OCH3 is 4. The van der Waals surface area contributed by atoms with E-state index >= 15 is 0 Å². The summed E-state index contributed by atoms with van der Waals surface area (Å²) in [4.78, 5) is 24.3. The van der Waals surface area contributed by atoms with E-state index in [0.717, 1.165) is 0 Å². The Morgan fingerprint density at radius 1 is 0.852 bits per heavy atom. The fourth-order valence-corrected chi connectivity index (χ4v) is 2.42. The highest BCUT2D eigenvalue weighted by Gasteiger charge is 2.18. The van der Waals surface area contributed by atoms with E-state index in [0.29, 0.717) is 28.6 Å². The van der Waals surface area contributed by atoms with E-state index in [-0.39, 0.29) is 18.0 Å². The van der Waals surface area contributed by atoms with Crippen LogP contribution in [0.5, 0.6) is 17.2 Å². The lowest BCUT2D eigenvalue weighted by Crippen LogP contribution is -2.23. The minimum absolute atomic E-state index is 0.0858. The van der Waals surface area contributed by atoms with Crippen molar-refractivity contribution in [3.05, 3.63) is 42.0 Å². The van der Waals surface area contributed by atoms with Crippen LogP contribution in [0.25, 0.3) is 0 Å². The van der Waals surface area contributed by atoms with Gasteiger partial charge in [0.15, 0.2) is 11.5 Å². The van der Waals surface area contributed by atoms with E-state index in [1.54, 1.807) is 30.3 Å². The average molecular weight is 374 g/mol. The molecule has 0 heterocycles. The molecule has 0 atom stereocenters. The first-order valence-electron chi connectivity index (χ1n) is 8.05. The number of rotatable bonds is 8. The highest BCUT2D eigenvalue weighted by atomic mass is 16.5. The highest BCUT2D eigenvalue weighted by Crippen LogP contribution is 2.33. The van der Waals surface area contributed by atoms with Crippen molar-refractivity contribution in [2.45, 2.75) is 0 Å². The average Bonchev–Trinajstić information content (AvgIpc) is 2.71. The van der Waals surface area contributed by atoms with Crippen molar-refractivity contribution in [3.63, 3.8) is 0 Å². The molecule has 2 aromatic carbocycles. The molecule has 0 spiro atoms. The Bertz CT molecular complexity index is 822. The van der Waals surface area contributed by atoms with Crippen molar-refractivity contribution in [3.8, 4) is 17.2 Å². The maximum atomic E-state index is 12.3. The van der Waals surface area contributed by atoms with Crippen LogP contribution in [0, 0.1) is 0 Å². The highest BCUT2D eigenvalue weighted by molar-refractivity contribution is 5.99. The molecule has 2 rings (SSSR count). The summed E-state index contributed by atoms with van der Waals surface area (Å²) in [6.07, 6.45) is 0. The van der Waals surface area contributed by atoms with Gasteiger partial charge in [0.25, 0.3) is 0 Å². The molecule has 144 valence electrons. The van der Waals surface area contributed by atoms with E-state index in [1.807, 2.05) is 0 Å². The van der Waals surface area contributed by atoms with Gasteiger partial charge >= 0.3 is 5.97 Å². The maximum absolute atomic E-state index is 12.3. The Labute approximate surface area is 157 Å². The fraction of sp³-hybridized carbons (Fsp3) is 0.263. The van der Waals surface area contributed by atoms with Gasteiger partial charge in [-0.1, -0.05) is 12.1 Å². The number of benzene rings is 2. The van der Waals surface area contributed by atoms with Crippen molar-refractivity contribution >= 4 is 23.3 Å². The molecule has 0 aliphatic carbocycles. The molecule has 2 N–H and O–H groups in total. The molecule has 0 aromatic heterocycles. The standard InChI is InChI=1S/C19H22N2O6/c1-24-15-8-6-5-7-13(15)21-18(22)11-20-14-10-17(26-3)16(25-2)9-12(14)19(23)27-4/h5-10,20H,11H2,1-4H3,(H,21,22). The van der Waals surface area contributed by atoms with Crippen molar-refractivity contribution in [1.82, 2.24) is 0 Å². The molecule has 8 heteroatoms. The van der Waals surface area contributed by atoms with Gasteiger partial charge in [0.05, 0.1) is 51.9 Å². The lowest BCUT2D eigenvalue weighted by Gasteiger charge is -2.15. The number of para-hydroxylation sites is 2. The van der Waals surface area contributed by atoms with Gasteiger partial charge in [-0.15, -0.1) is 0 Å². The summed E-state index contributed by atoms with van der Waals surface area (Å²) in [5, 5.41) is 5.67. The second-order valence-electron chi connectivity index (χ2n) is 5.35. The first-order valence-corrected chi connectivity index (χ1v) is 8.05. The monoisotopic (exact) mass is 374 g/mol. The van der Waals surface area contributed by atoms with Crippen LogP contribution in [0.2, 0.25) is 0 Å². The van der Waals surface area contributed by atoms with Crippen molar-refractivity contribution in [2.24, 2.45) is 0 Å². The first-order chi connectivity index (χ1) is 13.0. The molecule has 0 saturated carbocycles. The fourth-order valence-electron chi connectivity index (χ4n) is 2.42. The molecule has 8 nitrogen and oxygen atoms in total. The van der Waals surface area contributed by atoms with Crippen LogP contribution < -0.4 is 24.8 Å². The maximum Gasteiger partial charge on any atom is 0.340 e. The number of nitrogens with one attached hydrogen (secondary N) is 2. The molecule has 0 saturated heterocycles. The van der Waals surface area contributed by atoms with Crippen LogP contribution in [0.1, 0.15) is 10.4 Å². The minimum atomic E-state index is -0.566. The number of carbonyl (C=O) groups excluding carboxylic acids is 2. The molecule has 0 unspecified atom stereocenters. The summed E-state index contributed by atoms with van der Waals surface area (Å²) in [5.41, 5.74) is 1.15. The number of amides is 1. The second kappa shape index (κ2) is 9.33. The number of ether oxygens (including phenoxy) is 4. The van der Waals surface area contributed by atoms with E-state index in [2.05, 4.69) is 10.6 Å². The molecule has 0 bridgehead atoms. The molecule has 2 aromatic rings. The first kappa shape index (κ1) is 19.9. The third-order valence-electron chi connectivity index (χ3n) is 3.75. The largest absolute Gasteiger partial charge is 0.495 e. The third kappa shape index (κ3) is 4.81. The predicted octanol–water partition coefficient (Wildman–Crippen LogP) is 2.55. The summed E-state index contributed by atoms with van der Waals surface area (Å²) in [6.45, 7) is -0.0858. The Morgan fingerprint density at radius 2 is 1.48 bits per heavy atom. The summed E-state index contributed by atoms with van der Waals surface area (Å²) < 4.78 is 20.4. The van der Waals surface area contributed by atoms with Gasteiger partial charge in [0.2, 0.25) is 5.91 Å². The molecular formula is C19H22N2O6. The molecule has 0 radical (unpaired) electrons. The number of carbonyl (C=O) groups is 2. The lowest BCUT2D eigenvalue weighted by atomic mass is 10.1. The van der Waals surface area contributed by atoms with Crippen LogP contribution in [0.3, 0.4) is 0 Å². The van der Waals surface area contributed by atoms with E-state index in [1.165, 1.54) is 34.5 Å². The predicted molar refractivity (Wildman–Crippen MR) is 101 cm³/mol. The summed E-state index contributed by atoms with van der Waals surface area (Å²) in [6, 6.07) is 10.1. The van der Waals surface area contributed by atoms with Crippen LogP contribution in [-0.4, -0.2) is 46.9 Å². The zero-order valence-corrected chi connectivity index (χ0v) is 15.6. The number of esters is 1. The molecule has 0 aliphatic rings. The van der Waals surface area contributed by atoms with Crippen molar-refractivity contribution in [2.75, 3.05) is 45.6 Å². The van der Waals surface area contributed by atoms with E-state index in [9.17, 15) is 9.59 Å². The zero-order chi connectivity index (χ0) is 19.8. The van der Waals surface area contributed by atoms with E-state index < -0.39 is 5.97 Å². The topological polar surface area (TPSA) is 95.1 Å². The SMILES string of the molecule is COC(=O)c1cc(OC)c(OC)cc1NCC(=O)Nc1ccccc1OC. The minimum Gasteiger partial charge on any atom is -0.495 e. The van der Waals surface area contributed by atoms with E-state index in [4.69, 9.17) is 18.9 Å². The summed E-state index contributed by atoms with van der Waals surface area (Å²) in [7, 11) is 5.74. The van der Waals surface area contributed by atoms with Gasteiger partial charge < -0.3 is 29.6 Å². The number of hydrogen-bond acceptors (Lipinski definition) is 7. The Balaban J connectivity index is 2.18. The van der Waals surface area contributed by atoms with Crippen LogP contribution in [-0.2, 0) is 9.53 Å². The summed E-state index contributed by atoms with van der Waals surface area (Å²) >= 11 is 0.